The first-order valence-corrected chi connectivity index (χ1v) is 18.2. The van der Waals surface area contributed by atoms with Crippen LogP contribution in [0.5, 0.6) is 0 Å². The Kier molecular flexibility index (Phi) is 8.55. The Bertz CT molecular complexity index is 2600. The molecule has 1 unspecified atom stereocenters. The second-order valence-corrected chi connectivity index (χ2v) is 13.5. The van der Waals surface area contributed by atoms with Crippen LogP contribution >= 0.6 is 0 Å². The summed E-state index contributed by atoms with van der Waals surface area (Å²) >= 11 is 0. The summed E-state index contributed by atoms with van der Waals surface area (Å²) in [5, 5.41) is 4.86. The number of nitrogens with zero attached hydrogens (tertiary/aromatic N) is 4. The third-order valence-electron chi connectivity index (χ3n) is 10.3. The van der Waals surface area contributed by atoms with E-state index >= 15 is 0 Å². The number of likely N-dealkylation sites (N-methyl/N-ethyl adjacent to an activating group) is 1. The lowest BCUT2D eigenvalue weighted by atomic mass is 9.87. The van der Waals surface area contributed by atoms with Crippen molar-refractivity contribution in [3.8, 4) is 22.5 Å². The van der Waals surface area contributed by atoms with Crippen LogP contribution in [0, 0.1) is 0 Å². The molecule has 4 heteroatoms. The van der Waals surface area contributed by atoms with Gasteiger partial charge in [0.2, 0.25) is 0 Å². The van der Waals surface area contributed by atoms with Gasteiger partial charge in [-0.25, -0.2) is 9.97 Å². The van der Waals surface area contributed by atoms with Crippen LogP contribution in [-0.2, 0) is 0 Å². The molecule has 0 N–H and O–H groups in total. The Morgan fingerprint density at radius 2 is 1.13 bits per heavy atom. The highest BCUT2D eigenvalue weighted by atomic mass is 15.2. The zero-order valence-corrected chi connectivity index (χ0v) is 29.5. The van der Waals surface area contributed by atoms with E-state index in [1.54, 1.807) is 0 Å². The van der Waals surface area contributed by atoms with E-state index in [0.717, 1.165) is 40.0 Å². The molecule has 0 saturated heterocycles. The van der Waals surface area contributed by atoms with Gasteiger partial charge in [-0.2, -0.15) is 0 Å². The number of benzene rings is 7. The highest BCUT2D eigenvalue weighted by molar-refractivity contribution is 5.99. The van der Waals surface area contributed by atoms with Crippen molar-refractivity contribution < 1.29 is 0 Å². The summed E-state index contributed by atoms with van der Waals surface area (Å²) in [6, 6.07) is 58.2. The van der Waals surface area contributed by atoms with Gasteiger partial charge in [0.15, 0.2) is 5.82 Å². The molecule has 254 valence electrons. The van der Waals surface area contributed by atoms with Crippen LogP contribution in [0.3, 0.4) is 0 Å². The molecule has 0 bridgehead atoms. The van der Waals surface area contributed by atoms with E-state index in [4.69, 9.17) is 9.97 Å². The van der Waals surface area contributed by atoms with Gasteiger partial charge in [-0.1, -0.05) is 152 Å². The van der Waals surface area contributed by atoms with Crippen molar-refractivity contribution in [2.75, 3.05) is 16.8 Å². The van der Waals surface area contributed by atoms with Gasteiger partial charge in [0, 0.05) is 46.4 Å². The SMILES string of the molecule is CN(C1=CC=CCC1c1ccc(-c2cccc(N(c3cnc(-c4ccccc4)nc3)c3cccc4ccccc34)c2)cc1)c1cccc2ccccc12. The average Bonchev–Trinajstić information content (AvgIpc) is 3.24. The number of hydrogen-bond donors (Lipinski definition) is 0. The van der Waals surface area contributed by atoms with E-state index in [1.165, 1.54) is 38.7 Å². The summed E-state index contributed by atoms with van der Waals surface area (Å²) in [5.41, 5.74) is 10.1. The molecular formula is C49H38N4. The topological polar surface area (TPSA) is 32.3 Å². The highest BCUT2D eigenvalue weighted by Crippen LogP contribution is 2.41. The monoisotopic (exact) mass is 682 g/mol. The number of rotatable bonds is 8. The Morgan fingerprint density at radius 1 is 0.528 bits per heavy atom. The van der Waals surface area contributed by atoms with E-state index in [0.29, 0.717) is 5.82 Å². The first-order chi connectivity index (χ1) is 26.2. The van der Waals surface area contributed by atoms with Gasteiger partial charge in [0.1, 0.15) is 0 Å². The number of hydrogen-bond acceptors (Lipinski definition) is 4. The molecule has 0 radical (unpaired) electrons. The Morgan fingerprint density at radius 3 is 1.87 bits per heavy atom. The largest absolute Gasteiger partial charge is 0.347 e. The van der Waals surface area contributed by atoms with Gasteiger partial charge >= 0.3 is 0 Å². The van der Waals surface area contributed by atoms with Crippen LogP contribution < -0.4 is 9.80 Å². The van der Waals surface area contributed by atoms with Gasteiger partial charge in [0.05, 0.1) is 23.8 Å². The van der Waals surface area contributed by atoms with Crippen LogP contribution in [-0.4, -0.2) is 17.0 Å². The van der Waals surface area contributed by atoms with E-state index in [9.17, 15) is 0 Å². The fourth-order valence-electron chi connectivity index (χ4n) is 7.65. The molecule has 4 nitrogen and oxygen atoms in total. The first-order valence-electron chi connectivity index (χ1n) is 18.2. The third-order valence-corrected chi connectivity index (χ3v) is 10.3. The predicted octanol–water partition coefficient (Wildman–Crippen LogP) is 12.7. The van der Waals surface area contributed by atoms with Crippen molar-refractivity contribution in [3.63, 3.8) is 0 Å². The van der Waals surface area contributed by atoms with E-state index < -0.39 is 0 Å². The zero-order valence-electron chi connectivity index (χ0n) is 29.5. The number of fused-ring (bicyclic) bond motifs is 2. The fraction of sp³-hybridized carbons (Fsp3) is 0.0612. The standard InChI is InChI=1S/C49H38N4/c1-52(47-26-12-18-36-14-5-7-22-43(36)47)46-25-10-9-23-44(46)38-30-28-35(29-31-38)40-20-11-21-41(32-40)53(48-27-13-19-37-15-6-8-24-45(37)48)42-33-50-49(51-34-42)39-16-3-2-4-17-39/h2-22,24-34,44H,23H2,1H3. The van der Waals surface area contributed by atoms with Crippen molar-refractivity contribution in [2.24, 2.45) is 0 Å². The number of allylic oxidation sites excluding steroid dienone is 4. The molecule has 7 aromatic carbocycles. The minimum Gasteiger partial charge on any atom is -0.347 e. The second kappa shape index (κ2) is 14.1. The number of aromatic nitrogens is 2. The lowest BCUT2D eigenvalue weighted by molar-refractivity contribution is 0.764. The second-order valence-electron chi connectivity index (χ2n) is 13.5. The molecule has 0 spiro atoms. The molecule has 8 aromatic rings. The summed E-state index contributed by atoms with van der Waals surface area (Å²) in [5.74, 6) is 0.959. The average molecular weight is 683 g/mol. The molecule has 9 rings (SSSR count). The van der Waals surface area contributed by atoms with Crippen LogP contribution in [0.15, 0.2) is 200 Å². The molecule has 1 aliphatic carbocycles. The lowest BCUT2D eigenvalue weighted by Gasteiger charge is -2.32. The maximum absolute atomic E-state index is 4.82. The van der Waals surface area contributed by atoms with Gasteiger partial charge in [-0.3, -0.25) is 0 Å². The third kappa shape index (κ3) is 6.25. The highest BCUT2D eigenvalue weighted by Gasteiger charge is 2.23. The molecule has 1 atom stereocenters. The minimum absolute atomic E-state index is 0.255. The molecule has 0 aliphatic heterocycles. The predicted molar refractivity (Wildman–Crippen MR) is 222 cm³/mol. The Hall–Kier alpha value is -6.78. The van der Waals surface area contributed by atoms with Gasteiger partial charge in [-0.05, 0) is 64.2 Å². The number of anilines is 4. The van der Waals surface area contributed by atoms with Gasteiger partial charge < -0.3 is 9.80 Å². The molecule has 0 amide bonds. The maximum Gasteiger partial charge on any atom is 0.159 e. The Balaban J connectivity index is 1.06. The molecule has 0 fully saturated rings. The molecule has 1 aromatic heterocycles. The summed E-state index contributed by atoms with van der Waals surface area (Å²) < 4.78 is 0. The Labute approximate surface area is 310 Å². The van der Waals surface area contributed by atoms with Crippen LogP contribution in [0.25, 0.3) is 44.1 Å². The van der Waals surface area contributed by atoms with Crippen molar-refractivity contribution in [1.82, 2.24) is 9.97 Å². The quantitative estimate of drug-likeness (QED) is 0.160. The van der Waals surface area contributed by atoms with Crippen LogP contribution in [0.4, 0.5) is 22.7 Å². The van der Waals surface area contributed by atoms with Gasteiger partial charge in [0.25, 0.3) is 0 Å². The van der Waals surface area contributed by atoms with Crippen molar-refractivity contribution in [3.05, 3.63) is 206 Å². The maximum atomic E-state index is 4.82. The summed E-state index contributed by atoms with van der Waals surface area (Å²) in [4.78, 5) is 14.3. The minimum atomic E-state index is 0.255. The molecule has 1 heterocycles. The van der Waals surface area contributed by atoms with E-state index in [-0.39, 0.29) is 5.92 Å². The molecule has 53 heavy (non-hydrogen) atoms. The van der Waals surface area contributed by atoms with E-state index in [2.05, 4.69) is 169 Å². The van der Waals surface area contributed by atoms with Crippen molar-refractivity contribution >= 4 is 44.3 Å². The van der Waals surface area contributed by atoms with Gasteiger partial charge in [-0.15, -0.1) is 0 Å². The van der Waals surface area contributed by atoms with Crippen molar-refractivity contribution in [1.29, 1.82) is 0 Å². The molecule has 1 aliphatic rings. The first kappa shape index (κ1) is 32.1. The summed E-state index contributed by atoms with van der Waals surface area (Å²) in [6.45, 7) is 0. The molecular weight excluding hydrogens is 645 g/mol. The summed E-state index contributed by atoms with van der Waals surface area (Å²) in [6.07, 6.45) is 11.6. The lowest BCUT2D eigenvalue weighted by Crippen LogP contribution is -2.23. The fourth-order valence-corrected chi connectivity index (χ4v) is 7.65. The zero-order chi connectivity index (χ0) is 35.6. The molecule has 0 saturated carbocycles. The normalized spacial score (nSPS) is 13.9. The van der Waals surface area contributed by atoms with E-state index in [1.807, 2.05) is 42.7 Å². The van der Waals surface area contributed by atoms with Crippen LogP contribution in [0.1, 0.15) is 17.9 Å². The summed E-state index contributed by atoms with van der Waals surface area (Å²) in [7, 11) is 2.20. The van der Waals surface area contributed by atoms with Crippen LogP contribution in [0.2, 0.25) is 0 Å². The van der Waals surface area contributed by atoms with Crippen molar-refractivity contribution in [2.45, 2.75) is 12.3 Å². The smallest absolute Gasteiger partial charge is 0.159 e.